The summed E-state index contributed by atoms with van der Waals surface area (Å²) >= 11 is 0. The van der Waals surface area contributed by atoms with E-state index < -0.39 is 0 Å². The van der Waals surface area contributed by atoms with Gasteiger partial charge in [-0.05, 0) is 30.5 Å². The molecule has 1 aliphatic rings. The van der Waals surface area contributed by atoms with E-state index in [1.165, 1.54) is 0 Å². The molecule has 4 rings (SSSR count). The average Bonchev–Trinajstić information content (AvgIpc) is 3.24. The Labute approximate surface area is 157 Å². The van der Waals surface area contributed by atoms with Crippen LogP contribution in [-0.2, 0) is 6.54 Å². The fourth-order valence-electron chi connectivity index (χ4n) is 3.36. The van der Waals surface area contributed by atoms with Crippen LogP contribution >= 0.6 is 0 Å². The molecule has 3 aromatic rings. The highest BCUT2D eigenvalue weighted by atomic mass is 16.2. The summed E-state index contributed by atoms with van der Waals surface area (Å²) in [6.45, 7) is 1.95. The van der Waals surface area contributed by atoms with Crippen molar-refractivity contribution in [2.24, 2.45) is 0 Å². The summed E-state index contributed by atoms with van der Waals surface area (Å²) in [5, 5.41) is 10.4. The summed E-state index contributed by atoms with van der Waals surface area (Å²) in [6, 6.07) is 13.7. The minimum atomic E-state index is -0.0302. The number of aromatic amines is 1. The van der Waals surface area contributed by atoms with Crippen LogP contribution in [0.5, 0.6) is 0 Å². The maximum Gasteiger partial charge on any atom is 0.317 e. The molecule has 2 N–H and O–H groups in total. The zero-order valence-corrected chi connectivity index (χ0v) is 15.0. The van der Waals surface area contributed by atoms with Gasteiger partial charge in [0.15, 0.2) is 5.82 Å². The third-order valence-corrected chi connectivity index (χ3v) is 4.82. The van der Waals surface area contributed by atoms with Crippen molar-refractivity contribution >= 4 is 6.03 Å². The van der Waals surface area contributed by atoms with Gasteiger partial charge in [0, 0.05) is 43.5 Å². The molecule has 138 valence electrons. The largest absolute Gasteiger partial charge is 0.334 e. The molecular formula is C20H22N6O. The number of pyridine rings is 1. The number of likely N-dealkylation sites (tertiary alicyclic amines) is 1. The van der Waals surface area contributed by atoms with Gasteiger partial charge < -0.3 is 10.2 Å². The standard InChI is InChI=1S/C20H22N6O/c27-20(22-13-15-5-2-1-3-6-15)26-12-4-7-17(14-26)19-23-18(24-25-19)16-8-10-21-11-9-16/h1-3,5-6,8-11,17H,4,7,12-14H2,(H,22,27)(H,23,24,25). The highest BCUT2D eigenvalue weighted by Gasteiger charge is 2.27. The van der Waals surface area contributed by atoms with Crippen LogP contribution in [0.2, 0.25) is 0 Å². The third kappa shape index (κ3) is 4.13. The number of amides is 2. The average molecular weight is 362 g/mol. The van der Waals surface area contributed by atoms with E-state index >= 15 is 0 Å². The van der Waals surface area contributed by atoms with Gasteiger partial charge in [0.25, 0.3) is 0 Å². The number of piperidine rings is 1. The summed E-state index contributed by atoms with van der Waals surface area (Å²) < 4.78 is 0. The molecule has 3 heterocycles. The molecular weight excluding hydrogens is 340 g/mol. The smallest absolute Gasteiger partial charge is 0.317 e. The van der Waals surface area contributed by atoms with Gasteiger partial charge >= 0.3 is 6.03 Å². The number of rotatable bonds is 4. The number of H-pyrrole nitrogens is 1. The van der Waals surface area contributed by atoms with Gasteiger partial charge in [-0.15, -0.1) is 0 Å². The fourth-order valence-corrected chi connectivity index (χ4v) is 3.36. The van der Waals surface area contributed by atoms with Gasteiger partial charge in [-0.2, -0.15) is 5.10 Å². The van der Waals surface area contributed by atoms with Crippen molar-refractivity contribution in [3.63, 3.8) is 0 Å². The van der Waals surface area contributed by atoms with E-state index in [1.807, 2.05) is 47.4 Å². The number of carbonyl (C=O) groups excluding carboxylic acids is 1. The minimum Gasteiger partial charge on any atom is -0.334 e. The van der Waals surface area contributed by atoms with Crippen LogP contribution in [0.15, 0.2) is 54.9 Å². The Morgan fingerprint density at radius 1 is 1.19 bits per heavy atom. The summed E-state index contributed by atoms with van der Waals surface area (Å²) in [6.07, 6.45) is 5.40. The first-order valence-electron chi connectivity index (χ1n) is 9.19. The molecule has 1 unspecified atom stereocenters. The third-order valence-electron chi connectivity index (χ3n) is 4.82. The zero-order chi connectivity index (χ0) is 18.5. The second-order valence-electron chi connectivity index (χ2n) is 6.71. The molecule has 0 aliphatic carbocycles. The summed E-state index contributed by atoms with van der Waals surface area (Å²) in [4.78, 5) is 23.1. The first kappa shape index (κ1) is 17.2. The second-order valence-corrected chi connectivity index (χ2v) is 6.71. The lowest BCUT2D eigenvalue weighted by Crippen LogP contribution is -2.44. The molecule has 0 saturated carbocycles. The molecule has 0 bridgehead atoms. The molecule has 1 fully saturated rings. The second kappa shape index (κ2) is 7.99. The Hall–Kier alpha value is -3.22. The number of carbonyl (C=O) groups is 1. The highest BCUT2D eigenvalue weighted by Crippen LogP contribution is 2.26. The Balaban J connectivity index is 1.38. The van der Waals surface area contributed by atoms with E-state index in [-0.39, 0.29) is 11.9 Å². The van der Waals surface area contributed by atoms with Crippen molar-refractivity contribution in [2.75, 3.05) is 13.1 Å². The van der Waals surface area contributed by atoms with Gasteiger partial charge in [0.1, 0.15) is 5.82 Å². The summed E-state index contributed by atoms with van der Waals surface area (Å²) in [7, 11) is 0. The quantitative estimate of drug-likeness (QED) is 0.747. The number of urea groups is 1. The maximum absolute atomic E-state index is 12.5. The van der Waals surface area contributed by atoms with Crippen LogP contribution in [0.25, 0.3) is 11.4 Å². The van der Waals surface area contributed by atoms with Crippen LogP contribution in [0.3, 0.4) is 0 Å². The van der Waals surface area contributed by atoms with E-state index in [2.05, 4.69) is 25.5 Å². The first-order valence-corrected chi connectivity index (χ1v) is 9.19. The summed E-state index contributed by atoms with van der Waals surface area (Å²) in [5.41, 5.74) is 2.03. The lowest BCUT2D eigenvalue weighted by atomic mass is 9.97. The first-order chi connectivity index (χ1) is 13.3. The molecule has 2 aromatic heterocycles. The maximum atomic E-state index is 12.5. The molecule has 1 atom stereocenters. The van der Waals surface area contributed by atoms with Crippen molar-refractivity contribution in [3.8, 4) is 11.4 Å². The van der Waals surface area contributed by atoms with E-state index in [9.17, 15) is 4.79 Å². The van der Waals surface area contributed by atoms with Gasteiger partial charge in [-0.25, -0.2) is 9.78 Å². The predicted molar refractivity (Wildman–Crippen MR) is 102 cm³/mol. The number of hydrogen-bond donors (Lipinski definition) is 2. The van der Waals surface area contributed by atoms with Crippen LogP contribution < -0.4 is 5.32 Å². The highest BCUT2D eigenvalue weighted by molar-refractivity contribution is 5.74. The molecule has 0 spiro atoms. The van der Waals surface area contributed by atoms with E-state index in [1.54, 1.807) is 12.4 Å². The zero-order valence-electron chi connectivity index (χ0n) is 15.0. The van der Waals surface area contributed by atoms with Gasteiger partial charge in [0.05, 0.1) is 0 Å². The van der Waals surface area contributed by atoms with Crippen molar-refractivity contribution < 1.29 is 4.79 Å². The monoisotopic (exact) mass is 362 g/mol. The topological polar surface area (TPSA) is 86.8 Å². The number of nitrogens with zero attached hydrogens (tertiary/aromatic N) is 4. The van der Waals surface area contributed by atoms with E-state index in [0.29, 0.717) is 18.9 Å². The van der Waals surface area contributed by atoms with Gasteiger partial charge in [-0.1, -0.05) is 30.3 Å². The number of benzene rings is 1. The van der Waals surface area contributed by atoms with Crippen molar-refractivity contribution in [2.45, 2.75) is 25.3 Å². The minimum absolute atomic E-state index is 0.0302. The number of hydrogen-bond acceptors (Lipinski definition) is 4. The van der Waals surface area contributed by atoms with Crippen LogP contribution in [0.4, 0.5) is 4.79 Å². The molecule has 0 radical (unpaired) electrons. The number of aromatic nitrogens is 4. The van der Waals surface area contributed by atoms with E-state index in [4.69, 9.17) is 0 Å². The van der Waals surface area contributed by atoms with Gasteiger partial charge in [0.2, 0.25) is 0 Å². The van der Waals surface area contributed by atoms with Crippen LogP contribution in [0, 0.1) is 0 Å². The molecule has 1 aliphatic heterocycles. The number of nitrogens with one attached hydrogen (secondary N) is 2. The summed E-state index contributed by atoms with van der Waals surface area (Å²) in [5.74, 6) is 1.67. The molecule has 1 saturated heterocycles. The molecule has 27 heavy (non-hydrogen) atoms. The Morgan fingerprint density at radius 3 is 2.81 bits per heavy atom. The lowest BCUT2D eigenvalue weighted by molar-refractivity contribution is 0.178. The van der Waals surface area contributed by atoms with E-state index in [0.717, 1.165) is 36.3 Å². The molecule has 7 heteroatoms. The Morgan fingerprint density at radius 2 is 2.00 bits per heavy atom. The Bertz CT molecular complexity index is 880. The van der Waals surface area contributed by atoms with Crippen molar-refractivity contribution in [3.05, 3.63) is 66.2 Å². The van der Waals surface area contributed by atoms with Crippen molar-refractivity contribution in [1.29, 1.82) is 0 Å². The fraction of sp³-hybridized carbons (Fsp3) is 0.300. The van der Waals surface area contributed by atoms with Crippen LogP contribution in [0.1, 0.15) is 30.1 Å². The lowest BCUT2D eigenvalue weighted by Gasteiger charge is -2.31. The van der Waals surface area contributed by atoms with Crippen LogP contribution in [-0.4, -0.2) is 44.2 Å². The molecule has 1 aromatic carbocycles. The molecule has 2 amide bonds. The SMILES string of the molecule is O=C(NCc1ccccc1)N1CCCC(c2nc(-c3ccncc3)n[nH]2)C1. The van der Waals surface area contributed by atoms with Crippen molar-refractivity contribution in [1.82, 2.24) is 30.4 Å². The Kier molecular flexibility index (Phi) is 5.09. The predicted octanol–water partition coefficient (Wildman–Crippen LogP) is 2.96. The molecule has 7 nitrogen and oxygen atoms in total. The van der Waals surface area contributed by atoms with Gasteiger partial charge in [-0.3, -0.25) is 10.1 Å². The normalized spacial score (nSPS) is 16.9.